The second-order valence-corrected chi connectivity index (χ2v) is 5.16. The minimum absolute atomic E-state index is 0.0375. The van der Waals surface area contributed by atoms with Crippen molar-refractivity contribution < 1.29 is 9.53 Å². The summed E-state index contributed by atoms with van der Waals surface area (Å²) in [6.07, 6.45) is 3.54. The molecule has 1 amide bonds. The number of fused-ring (bicyclic) bond motifs is 1. The zero-order chi connectivity index (χ0) is 13.4. The molecule has 1 aromatic heterocycles. The number of nitrogens with one attached hydrogen (secondary N) is 2. The second-order valence-electron chi connectivity index (χ2n) is 5.16. The number of carbonyl (C=O) groups excluding carboxylic acids is 1. The molecule has 19 heavy (non-hydrogen) atoms. The maximum absolute atomic E-state index is 12.0. The highest BCUT2D eigenvalue weighted by Gasteiger charge is 2.51. The maximum Gasteiger partial charge on any atom is 0.253 e. The summed E-state index contributed by atoms with van der Waals surface area (Å²) < 4.78 is 5.66. The van der Waals surface area contributed by atoms with Gasteiger partial charge in [0, 0.05) is 30.8 Å². The van der Waals surface area contributed by atoms with E-state index in [1.165, 1.54) is 18.3 Å². The van der Waals surface area contributed by atoms with Gasteiger partial charge in [-0.1, -0.05) is 0 Å². The number of aromatic nitrogens is 1. The van der Waals surface area contributed by atoms with Gasteiger partial charge in [-0.2, -0.15) is 0 Å². The summed E-state index contributed by atoms with van der Waals surface area (Å²) in [6, 6.07) is 2.65. The van der Waals surface area contributed by atoms with Gasteiger partial charge in [0.05, 0.1) is 17.7 Å². The minimum atomic E-state index is -0.232. The van der Waals surface area contributed by atoms with Gasteiger partial charge in [0.15, 0.2) is 0 Å². The van der Waals surface area contributed by atoms with E-state index < -0.39 is 0 Å². The number of hydrogen-bond acceptors (Lipinski definition) is 4. The number of carbonyl (C=O) groups is 1. The number of amides is 1. The van der Waals surface area contributed by atoms with Crippen LogP contribution in [0.4, 0.5) is 0 Å². The van der Waals surface area contributed by atoms with Gasteiger partial charge in [-0.3, -0.25) is 9.59 Å². The Morgan fingerprint density at radius 1 is 1.47 bits per heavy atom. The van der Waals surface area contributed by atoms with E-state index in [0.717, 1.165) is 19.4 Å². The van der Waals surface area contributed by atoms with Crippen molar-refractivity contribution in [2.45, 2.75) is 31.0 Å². The van der Waals surface area contributed by atoms with Crippen LogP contribution in [0.5, 0.6) is 0 Å². The van der Waals surface area contributed by atoms with Crippen LogP contribution in [0.3, 0.4) is 0 Å². The quantitative estimate of drug-likeness (QED) is 0.677. The summed E-state index contributed by atoms with van der Waals surface area (Å²) in [5, 5.41) is 2.89. The zero-order valence-corrected chi connectivity index (χ0v) is 10.5. The zero-order valence-electron chi connectivity index (χ0n) is 10.5. The first-order valence-electron chi connectivity index (χ1n) is 6.53. The molecular formula is C13H17N3O3. The molecule has 102 valence electrons. The highest BCUT2D eigenvalue weighted by molar-refractivity contribution is 5.94. The molecular weight excluding hydrogens is 246 g/mol. The number of hydrogen-bond donors (Lipinski definition) is 3. The lowest BCUT2D eigenvalue weighted by Crippen LogP contribution is -2.72. The third-order valence-electron chi connectivity index (χ3n) is 4.02. The molecule has 0 radical (unpaired) electrons. The average Bonchev–Trinajstić information content (AvgIpc) is 2.45. The van der Waals surface area contributed by atoms with Crippen LogP contribution in [0, 0.1) is 5.92 Å². The van der Waals surface area contributed by atoms with Crippen molar-refractivity contribution in [2.75, 3.05) is 6.61 Å². The summed E-state index contributed by atoms with van der Waals surface area (Å²) in [6.45, 7) is 0.735. The van der Waals surface area contributed by atoms with Crippen molar-refractivity contribution in [2.24, 2.45) is 11.7 Å². The molecule has 6 heteroatoms. The van der Waals surface area contributed by atoms with Crippen molar-refractivity contribution in [3.05, 3.63) is 34.2 Å². The molecule has 4 unspecified atom stereocenters. The Hall–Kier alpha value is -1.66. The molecule has 0 spiro atoms. The molecule has 1 saturated heterocycles. The van der Waals surface area contributed by atoms with Crippen molar-refractivity contribution in [1.29, 1.82) is 0 Å². The highest BCUT2D eigenvalue weighted by Crippen LogP contribution is 2.37. The van der Waals surface area contributed by atoms with E-state index in [2.05, 4.69) is 10.3 Å². The van der Waals surface area contributed by atoms with Crippen LogP contribution >= 0.6 is 0 Å². The average molecular weight is 263 g/mol. The molecule has 1 aliphatic carbocycles. The number of aromatic amines is 1. The molecule has 1 saturated carbocycles. The van der Waals surface area contributed by atoms with E-state index in [4.69, 9.17) is 10.5 Å². The third-order valence-corrected chi connectivity index (χ3v) is 4.02. The first kappa shape index (κ1) is 12.4. The van der Waals surface area contributed by atoms with Gasteiger partial charge in [0.25, 0.3) is 5.91 Å². The number of pyridine rings is 1. The fraction of sp³-hybridized carbons (Fsp3) is 0.538. The Labute approximate surface area is 110 Å². The lowest BCUT2D eigenvalue weighted by Gasteiger charge is -2.52. The predicted octanol–water partition coefficient (Wildman–Crippen LogP) is -0.391. The summed E-state index contributed by atoms with van der Waals surface area (Å²) in [5.41, 5.74) is 6.27. The topological polar surface area (TPSA) is 97.2 Å². The van der Waals surface area contributed by atoms with E-state index >= 15 is 0 Å². The van der Waals surface area contributed by atoms with E-state index in [-0.39, 0.29) is 29.7 Å². The van der Waals surface area contributed by atoms with Crippen molar-refractivity contribution in [3.8, 4) is 0 Å². The van der Waals surface area contributed by atoms with Gasteiger partial charge in [0.2, 0.25) is 5.56 Å². The standard InChI is InChI=1S/C13H17N3O3/c14-10-8-2-1-5-19-12(8)11(10)16-13(18)7-3-4-9(17)15-6-7/h3-4,6,8,10-12H,1-2,5,14H2,(H,15,17)(H,16,18). The monoisotopic (exact) mass is 263 g/mol. The van der Waals surface area contributed by atoms with E-state index in [9.17, 15) is 9.59 Å². The number of ether oxygens (including phenoxy) is 1. The molecule has 1 aliphatic heterocycles. The number of nitrogens with two attached hydrogens (primary N) is 1. The van der Waals surface area contributed by atoms with E-state index in [1.54, 1.807) is 0 Å². The first-order chi connectivity index (χ1) is 9.16. The van der Waals surface area contributed by atoms with Crippen LogP contribution < -0.4 is 16.6 Å². The van der Waals surface area contributed by atoms with Gasteiger partial charge in [-0.05, 0) is 18.9 Å². The molecule has 4 atom stereocenters. The van der Waals surface area contributed by atoms with Crippen molar-refractivity contribution >= 4 is 5.91 Å². The van der Waals surface area contributed by atoms with Crippen LogP contribution in [0.15, 0.2) is 23.1 Å². The van der Waals surface area contributed by atoms with Gasteiger partial charge in [-0.25, -0.2) is 0 Å². The molecule has 0 bridgehead atoms. The van der Waals surface area contributed by atoms with Crippen molar-refractivity contribution in [1.82, 2.24) is 10.3 Å². The molecule has 6 nitrogen and oxygen atoms in total. The Kier molecular flexibility index (Phi) is 3.12. The molecule has 0 aromatic carbocycles. The van der Waals surface area contributed by atoms with Gasteiger partial charge in [0.1, 0.15) is 0 Å². The van der Waals surface area contributed by atoms with Gasteiger partial charge < -0.3 is 20.8 Å². The van der Waals surface area contributed by atoms with E-state index in [0.29, 0.717) is 11.5 Å². The Balaban J connectivity index is 1.66. The van der Waals surface area contributed by atoms with Gasteiger partial charge in [-0.15, -0.1) is 0 Å². The largest absolute Gasteiger partial charge is 0.376 e. The normalized spacial score (nSPS) is 33.1. The Morgan fingerprint density at radius 2 is 2.32 bits per heavy atom. The minimum Gasteiger partial charge on any atom is -0.376 e. The fourth-order valence-corrected chi connectivity index (χ4v) is 2.91. The van der Waals surface area contributed by atoms with Crippen LogP contribution in [-0.4, -0.2) is 35.7 Å². The predicted molar refractivity (Wildman–Crippen MR) is 68.8 cm³/mol. The number of rotatable bonds is 2. The SMILES string of the molecule is NC1C2CCCOC2C1NC(=O)c1ccc(=O)[nH]c1. The Bertz CT molecular complexity index is 522. The van der Waals surface area contributed by atoms with Crippen LogP contribution in [-0.2, 0) is 4.74 Å². The molecule has 2 aliphatic rings. The first-order valence-corrected chi connectivity index (χ1v) is 6.53. The summed E-state index contributed by atoms with van der Waals surface area (Å²) in [7, 11) is 0. The van der Waals surface area contributed by atoms with Crippen LogP contribution in [0.1, 0.15) is 23.2 Å². The molecule has 3 rings (SSSR count). The van der Waals surface area contributed by atoms with Crippen LogP contribution in [0.25, 0.3) is 0 Å². The lowest BCUT2D eigenvalue weighted by molar-refractivity contribution is -0.117. The second kappa shape index (κ2) is 4.79. The maximum atomic E-state index is 12.0. The molecule has 4 N–H and O–H groups in total. The number of H-pyrrole nitrogens is 1. The fourth-order valence-electron chi connectivity index (χ4n) is 2.91. The molecule has 2 heterocycles. The van der Waals surface area contributed by atoms with Gasteiger partial charge >= 0.3 is 0 Å². The summed E-state index contributed by atoms with van der Waals surface area (Å²) >= 11 is 0. The summed E-state index contributed by atoms with van der Waals surface area (Å²) in [5.74, 6) is 0.124. The molecule has 2 fully saturated rings. The Morgan fingerprint density at radius 3 is 3.05 bits per heavy atom. The van der Waals surface area contributed by atoms with Crippen LogP contribution in [0.2, 0.25) is 0 Å². The smallest absolute Gasteiger partial charge is 0.253 e. The highest BCUT2D eigenvalue weighted by atomic mass is 16.5. The lowest BCUT2D eigenvalue weighted by atomic mass is 9.68. The van der Waals surface area contributed by atoms with Crippen molar-refractivity contribution in [3.63, 3.8) is 0 Å². The molecule has 1 aromatic rings. The van der Waals surface area contributed by atoms with E-state index in [1.807, 2.05) is 0 Å². The summed E-state index contributed by atoms with van der Waals surface area (Å²) in [4.78, 5) is 25.5. The third kappa shape index (κ3) is 2.17.